The van der Waals surface area contributed by atoms with Gasteiger partial charge in [-0.3, -0.25) is 4.79 Å². The smallest absolute Gasteiger partial charge is 0.334 e. The van der Waals surface area contributed by atoms with Crippen LogP contribution in [0, 0.1) is 5.92 Å². The van der Waals surface area contributed by atoms with Gasteiger partial charge in [0.1, 0.15) is 5.60 Å². The molecule has 2 rings (SSSR count). The molecule has 0 bridgehead atoms. The van der Waals surface area contributed by atoms with Crippen molar-refractivity contribution < 1.29 is 19.1 Å². The van der Waals surface area contributed by atoms with E-state index >= 15 is 0 Å². The summed E-state index contributed by atoms with van der Waals surface area (Å²) in [6.45, 7) is 5.70. The Morgan fingerprint density at radius 3 is 2.62 bits per heavy atom. The molecule has 4 nitrogen and oxygen atoms in total. The van der Waals surface area contributed by atoms with Crippen molar-refractivity contribution in [1.82, 2.24) is 0 Å². The Labute approximate surface area is 124 Å². The SMILES string of the molecule is CC(C)(C)OC(=O)CC1COC(=O)/C1=C/c1ccccc1. The van der Waals surface area contributed by atoms with Crippen LogP contribution in [0.3, 0.4) is 0 Å². The molecule has 1 saturated heterocycles. The highest BCUT2D eigenvalue weighted by atomic mass is 16.6. The minimum Gasteiger partial charge on any atom is -0.462 e. The van der Waals surface area contributed by atoms with E-state index in [1.54, 1.807) is 6.08 Å². The molecular formula is C17H20O4. The predicted octanol–water partition coefficient (Wildman–Crippen LogP) is 2.97. The van der Waals surface area contributed by atoms with E-state index in [1.807, 2.05) is 51.1 Å². The molecule has 1 unspecified atom stereocenters. The van der Waals surface area contributed by atoms with Crippen LogP contribution < -0.4 is 0 Å². The molecule has 4 heteroatoms. The zero-order chi connectivity index (χ0) is 15.5. The highest BCUT2D eigenvalue weighted by molar-refractivity contribution is 5.96. The molecule has 1 fully saturated rings. The maximum absolute atomic E-state index is 11.9. The quantitative estimate of drug-likeness (QED) is 0.634. The highest BCUT2D eigenvalue weighted by Gasteiger charge is 2.33. The molecule has 0 aliphatic carbocycles. The third-order valence-corrected chi connectivity index (χ3v) is 3.05. The van der Waals surface area contributed by atoms with Gasteiger partial charge in [0.25, 0.3) is 0 Å². The molecule has 21 heavy (non-hydrogen) atoms. The van der Waals surface area contributed by atoms with E-state index in [0.717, 1.165) is 5.56 Å². The van der Waals surface area contributed by atoms with Gasteiger partial charge in [-0.25, -0.2) is 4.79 Å². The molecule has 0 amide bonds. The van der Waals surface area contributed by atoms with Gasteiger partial charge < -0.3 is 9.47 Å². The van der Waals surface area contributed by atoms with Gasteiger partial charge >= 0.3 is 11.9 Å². The number of carbonyl (C=O) groups excluding carboxylic acids is 2. The molecule has 1 aromatic rings. The van der Waals surface area contributed by atoms with Crippen LogP contribution in [0.5, 0.6) is 0 Å². The Kier molecular flexibility index (Phi) is 4.46. The van der Waals surface area contributed by atoms with Crippen LogP contribution in [0.4, 0.5) is 0 Å². The van der Waals surface area contributed by atoms with E-state index in [2.05, 4.69) is 0 Å². The largest absolute Gasteiger partial charge is 0.462 e. The predicted molar refractivity (Wildman–Crippen MR) is 79.3 cm³/mol. The zero-order valence-corrected chi connectivity index (χ0v) is 12.6. The summed E-state index contributed by atoms with van der Waals surface area (Å²) in [7, 11) is 0. The molecule has 1 heterocycles. The van der Waals surface area contributed by atoms with E-state index in [9.17, 15) is 9.59 Å². The molecule has 1 aliphatic rings. The first-order chi connectivity index (χ1) is 9.85. The lowest BCUT2D eigenvalue weighted by atomic mass is 9.96. The topological polar surface area (TPSA) is 52.6 Å². The number of hydrogen-bond donors (Lipinski definition) is 0. The molecule has 1 aliphatic heterocycles. The van der Waals surface area contributed by atoms with E-state index in [4.69, 9.17) is 9.47 Å². The fraction of sp³-hybridized carbons (Fsp3) is 0.412. The standard InChI is InChI=1S/C17H20O4/c1-17(2,3)21-15(18)10-13-11-20-16(19)14(13)9-12-7-5-4-6-8-12/h4-9,13H,10-11H2,1-3H3/b14-9+. The van der Waals surface area contributed by atoms with Gasteiger partial charge in [0.15, 0.2) is 0 Å². The lowest BCUT2D eigenvalue weighted by molar-refractivity contribution is -0.155. The van der Waals surface area contributed by atoms with Gasteiger partial charge in [-0.05, 0) is 32.4 Å². The molecule has 0 spiro atoms. The lowest BCUT2D eigenvalue weighted by Gasteiger charge is -2.20. The molecule has 0 N–H and O–H groups in total. The first kappa shape index (κ1) is 15.3. The summed E-state index contributed by atoms with van der Waals surface area (Å²) in [6.07, 6.45) is 1.94. The number of hydrogen-bond acceptors (Lipinski definition) is 4. The highest BCUT2D eigenvalue weighted by Crippen LogP contribution is 2.27. The van der Waals surface area contributed by atoms with E-state index < -0.39 is 5.60 Å². The fourth-order valence-electron chi connectivity index (χ4n) is 2.17. The monoisotopic (exact) mass is 288 g/mol. The lowest BCUT2D eigenvalue weighted by Crippen LogP contribution is -2.25. The molecule has 1 aromatic carbocycles. The maximum Gasteiger partial charge on any atom is 0.334 e. The number of esters is 2. The van der Waals surface area contributed by atoms with Gasteiger partial charge in [-0.2, -0.15) is 0 Å². The Balaban J connectivity index is 2.11. The summed E-state index contributed by atoms with van der Waals surface area (Å²) in [5, 5.41) is 0. The average molecular weight is 288 g/mol. The van der Waals surface area contributed by atoms with Crippen molar-refractivity contribution in [3.8, 4) is 0 Å². The average Bonchev–Trinajstić information content (AvgIpc) is 2.70. The van der Waals surface area contributed by atoms with Crippen molar-refractivity contribution in [3.05, 3.63) is 41.5 Å². The number of ether oxygens (including phenoxy) is 2. The second kappa shape index (κ2) is 6.12. The second-order valence-corrected chi connectivity index (χ2v) is 6.10. The van der Waals surface area contributed by atoms with E-state index in [0.29, 0.717) is 5.57 Å². The van der Waals surface area contributed by atoms with Crippen LogP contribution >= 0.6 is 0 Å². The van der Waals surface area contributed by atoms with Crippen molar-refractivity contribution >= 4 is 18.0 Å². The van der Waals surface area contributed by atoms with Gasteiger partial charge in [0, 0.05) is 11.5 Å². The summed E-state index contributed by atoms with van der Waals surface area (Å²) >= 11 is 0. The first-order valence-electron chi connectivity index (χ1n) is 7.01. The van der Waals surface area contributed by atoms with Gasteiger partial charge in [0.2, 0.25) is 0 Å². The Morgan fingerprint density at radius 2 is 2.00 bits per heavy atom. The van der Waals surface area contributed by atoms with Crippen LogP contribution in [0.15, 0.2) is 35.9 Å². The first-order valence-corrected chi connectivity index (χ1v) is 7.01. The van der Waals surface area contributed by atoms with Crippen LogP contribution in [0.25, 0.3) is 6.08 Å². The van der Waals surface area contributed by atoms with Gasteiger partial charge in [-0.1, -0.05) is 30.3 Å². The molecule has 0 aromatic heterocycles. The summed E-state index contributed by atoms with van der Waals surface area (Å²) in [6, 6.07) is 9.52. The van der Waals surface area contributed by atoms with Gasteiger partial charge in [0.05, 0.1) is 13.0 Å². The minimum absolute atomic E-state index is 0.154. The number of rotatable bonds is 3. The maximum atomic E-state index is 11.9. The van der Waals surface area contributed by atoms with Crippen LogP contribution in [-0.4, -0.2) is 24.1 Å². The van der Waals surface area contributed by atoms with Crippen molar-refractivity contribution in [3.63, 3.8) is 0 Å². The Morgan fingerprint density at radius 1 is 1.33 bits per heavy atom. The van der Waals surface area contributed by atoms with Crippen molar-refractivity contribution in [2.45, 2.75) is 32.8 Å². The van der Waals surface area contributed by atoms with Crippen molar-refractivity contribution in [1.29, 1.82) is 0 Å². The molecule has 1 atom stereocenters. The summed E-state index contributed by atoms with van der Waals surface area (Å²) < 4.78 is 10.4. The summed E-state index contributed by atoms with van der Waals surface area (Å²) in [5.74, 6) is -0.912. The van der Waals surface area contributed by atoms with Crippen LogP contribution in [-0.2, 0) is 19.1 Å². The number of benzene rings is 1. The third-order valence-electron chi connectivity index (χ3n) is 3.05. The Bertz CT molecular complexity index is 552. The fourth-order valence-corrected chi connectivity index (χ4v) is 2.17. The van der Waals surface area contributed by atoms with Crippen molar-refractivity contribution in [2.75, 3.05) is 6.61 Å². The normalized spacial score (nSPS) is 20.4. The molecular weight excluding hydrogens is 268 g/mol. The van der Waals surface area contributed by atoms with Gasteiger partial charge in [-0.15, -0.1) is 0 Å². The third kappa shape index (κ3) is 4.45. The van der Waals surface area contributed by atoms with Crippen LogP contribution in [0.1, 0.15) is 32.8 Å². The number of cyclic esters (lactones) is 1. The van der Waals surface area contributed by atoms with E-state index in [-0.39, 0.29) is 30.9 Å². The second-order valence-electron chi connectivity index (χ2n) is 6.10. The molecule has 112 valence electrons. The van der Waals surface area contributed by atoms with Crippen LogP contribution in [0.2, 0.25) is 0 Å². The van der Waals surface area contributed by atoms with Crippen molar-refractivity contribution in [2.24, 2.45) is 5.92 Å². The summed E-state index contributed by atoms with van der Waals surface area (Å²) in [5.41, 5.74) is 0.928. The Hall–Kier alpha value is -2.10. The number of carbonyl (C=O) groups is 2. The van der Waals surface area contributed by atoms with E-state index in [1.165, 1.54) is 0 Å². The zero-order valence-electron chi connectivity index (χ0n) is 12.6. The molecule has 0 radical (unpaired) electrons. The molecule has 0 saturated carbocycles. The summed E-state index contributed by atoms with van der Waals surface area (Å²) in [4.78, 5) is 23.7. The minimum atomic E-state index is -0.524.